The molecule has 0 atom stereocenters. The second kappa shape index (κ2) is 6.89. The number of rotatable bonds is 4. The van der Waals surface area contributed by atoms with Crippen molar-refractivity contribution in [3.05, 3.63) is 59.7 Å². The Labute approximate surface area is 127 Å². The van der Waals surface area contributed by atoms with E-state index in [0.717, 1.165) is 23.4 Å². The first-order valence-corrected chi connectivity index (χ1v) is 6.72. The zero-order valence-corrected chi connectivity index (χ0v) is 12.4. The Morgan fingerprint density at radius 1 is 1.05 bits per heavy atom. The minimum atomic E-state index is -0.814. The van der Waals surface area contributed by atoms with Crippen LogP contribution in [0.5, 0.6) is 0 Å². The van der Waals surface area contributed by atoms with E-state index in [0.29, 0.717) is 0 Å². The summed E-state index contributed by atoms with van der Waals surface area (Å²) in [4.78, 5) is 13.7. The number of anilines is 2. The Morgan fingerprint density at radius 3 is 2.18 bits per heavy atom. The molecule has 0 radical (unpaired) electrons. The molecule has 2 rings (SSSR count). The van der Waals surface area contributed by atoms with Gasteiger partial charge in [-0.1, -0.05) is 18.2 Å². The van der Waals surface area contributed by atoms with E-state index in [-0.39, 0.29) is 6.54 Å². The Morgan fingerprint density at radius 2 is 1.64 bits per heavy atom. The highest BCUT2D eigenvalue weighted by Gasteiger charge is 2.11. The first-order chi connectivity index (χ1) is 10.5. The second-order valence-electron chi connectivity index (χ2n) is 4.97. The fourth-order valence-electron chi connectivity index (χ4n) is 1.87. The van der Waals surface area contributed by atoms with E-state index in [2.05, 4.69) is 10.6 Å². The van der Waals surface area contributed by atoms with E-state index in [9.17, 15) is 13.6 Å². The number of carbonyl (C=O) groups excluding carboxylic acids is 1. The molecule has 0 heterocycles. The highest BCUT2D eigenvalue weighted by Crippen LogP contribution is 2.17. The molecule has 116 valence electrons. The number of carbonyl (C=O) groups is 1. The van der Waals surface area contributed by atoms with Crippen molar-refractivity contribution in [2.75, 3.05) is 24.3 Å². The fourth-order valence-corrected chi connectivity index (χ4v) is 1.87. The molecule has 0 unspecified atom stereocenters. The molecule has 2 aromatic rings. The van der Waals surface area contributed by atoms with Crippen LogP contribution >= 0.6 is 0 Å². The Balaban J connectivity index is 1.93. The molecule has 0 aromatic heterocycles. The summed E-state index contributed by atoms with van der Waals surface area (Å²) < 4.78 is 26.8. The summed E-state index contributed by atoms with van der Waals surface area (Å²) in [5, 5.41) is 4.72. The van der Waals surface area contributed by atoms with Crippen LogP contribution in [0.2, 0.25) is 0 Å². The Kier molecular flexibility index (Phi) is 4.93. The van der Waals surface area contributed by atoms with Crippen LogP contribution in [-0.4, -0.2) is 20.1 Å². The first-order valence-electron chi connectivity index (χ1n) is 6.72. The largest absolute Gasteiger partial charge is 0.378 e. The Bertz CT molecular complexity index is 637. The SMILES string of the molecule is CN(C)c1ccc(CNC(=O)Nc2c(F)cccc2F)cc1. The fraction of sp³-hybridized carbons (Fsp3) is 0.188. The zero-order chi connectivity index (χ0) is 16.1. The van der Waals surface area contributed by atoms with Crippen LogP contribution in [-0.2, 0) is 6.54 Å². The van der Waals surface area contributed by atoms with Gasteiger partial charge in [0.2, 0.25) is 0 Å². The van der Waals surface area contributed by atoms with Gasteiger partial charge in [-0.3, -0.25) is 0 Å². The van der Waals surface area contributed by atoms with E-state index in [1.807, 2.05) is 43.3 Å². The summed E-state index contributed by atoms with van der Waals surface area (Å²) in [6, 6.07) is 10.3. The third-order valence-corrected chi connectivity index (χ3v) is 3.11. The number of nitrogens with one attached hydrogen (secondary N) is 2. The van der Waals surface area contributed by atoms with Gasteiger partial charge >= 0.3 is 6.03 Å². The standard InChI is InChI=1S/C16H17F2N3O/c1-21(2)12-8-6-11(7-9-12)10-19-16(22)20-15-13(17)4-3-5-14(15)18/h3-9H,10H2,1-2H3,(H2,19,20,22). The van der Waals surface area contributed by atoms with Crippen molar-refractivity contribution in [3.8, 4) is 0 Å². The number of hydrogen-bond acceptors (Lipinski definition) is 2. The summed E-state index contributed by atoms with van der Waals surface area (Å²) in [6.45, 7) is 0.260. The third kappa shape index (κ3) is 3.94. The summed E-state index contributed by atoms with van der Waals surface area (Å²) in [5.41, 5.74) is 1.47. The van der Waals surface area contributed by atoms with Crippen molar-refractivity contribution >= 4 is 17.4 Å². The number of benzene rings is 2. The van der Waals surface area contributed by atoms with E-state index >= 15 is 0 Å². The van der Waals surface area contributed by atoms with Crippen LogP contribution in [0.3, 0.4) is 0 Å². The quantitative estimate of drug-likeness (QED) is 0.910. The smallest absolute Gasteiger partial charge is 0.319 e. The van der Waals surface area contributed by atoms with Gasteiger partial charge in [0, 0.05) is 26.3 Å². The molecule has 22 heavy (non-hydrogen) atoms. The third-order valence-electron chi connectivity index (χ3n) is 3.11. The maximum Gasteiger partial charge on any atom is 0.319 e. The average molecular weight is 305 g/mol. The number of nitrogens with zero attached hydrogens (tertiary/aromatic N) is 1. The van der Waals surface area contributed by atoms with Crippen molar-refractivity contribution in [2.45, 2.75) is 6.54 Å². The van der Waals surface area contributed by atoms with Crippen LogP contribution in [0, 0.1) is 11.6 Å². The van der Waals surface area contributed by atoms with E-state index < -0.39 is 23.4 Å². The molecule has 2 N–H and O–H groups in total. The Hall–Kier alpha value is -2.63. The minimum absolute atomic E-state index is 0.260. The molecule has 2 amide bonds. The zero-order valence-electron chi connectivity index (χ0n) is 12.4. The molecular weight excluding hydrogens is 288 g/mol. The maximum atomic E-state index is 13.4. The first kappa shape index (κ1) is 15.8. The van der Waals surface area contributed by atoms with Crippen LogP contribution in [0.4, 0.5) is 25.0 Å². The molecule has 2 aromatic carbocycles. The van der Waals surface area contributed by atoms with Gasteiger partial charge in [-0.25, -0.2) is 13.6 Å². The number of urea groups is 1. The van der Waals surface area contributed by atoms with Gasteiger partial charge in [0.1, 0.15) is 17.3 Å². The molecule has 0 aliphatic heterocycles. The molecule has 0 spiro atoms. The molecule has 6 heteroatoms. The van der Waals surface area contributed by atoms with E-state index in [1.165, 1.54) is 6.07 Å². The van der Waals surface area contributed by atoms with Gasteiger partial charge < -0.3 is 15.5 Å². The molecule has 0 saturated carbocycles. The van der Waals surface area contributed by atoms with Crippen LogP contribution < -0.4 is 15.5 Å². The van der Waals surface area contributed by atoms with Crippen molar-refractivity contribution in [1.29, 1.82) is 0 Å². The molecule has 0 aliphatic carbocycles. The number of hydrogen-bond donors (Lipinski definition) is 2. The summed E-state index contributed by atoms with van der Waals surface area (Å²) in [6.07, 6.45) is 0. The van der Waals surface area contributed by atoms with Crippen LogP contribution in [0.25, 0.3) is 0 Å². The lowest BCUT2D eigenvalue weighted by molar-refractivity contribution is 0.251. The lowest BCUT2D eigenvalue weighted by Crippen LogP contribution is -2.29. The predicted octanol–water partition coefficient (Wildman–Crippen LogP) is 3.35. The minimum Gasteiger partial charge on any atom is -0.378 e. The molecule has 0 fully saturated rings. The monoisotopic (exact) mass is 305 g/mol. The summed E-state index contributed by atoms with van der Waals surface area (Å²) >= 11 is 0. The lowest BCUT2D eigenvalue weighted by Gasteiger charge is -2.13. The highest BCUT2D eigenvalue weighted by molar-refractivity contribution is 5.89. The van der Waals surface area contributed by atoms with E-state index in [4.69, 9.17) is 0 Å². The second-order valence-corrected chi connectivity index (χ2v) is 4.97. The molecule has 0 bridgehead atoms. The van der Waals surface area contributed by atoms with Gasteiger partial charge in [-0.05, 0) is 29.8 Å². The number of halogens is 2. The van der Waals surface area contributed by atoms with Gasteiger partial charge in [0.15, 0.2) is 0 Å². The highest BCUT2D eigenvalue weighted by atomic mass is 19.1. The van der Waals surface area contributed by atoms with Gasteiger partial charge in [-0.15, -0.1) is 0 Å². The molecule has 0 aliphatic rings. The van der Waals surface area contributed by atoms with Crippen molar-refractivity contribution < 1.29 is 13.6 Å². The average Bonchev–Trinajstić information content (AvgIpc) is 2.49. The number of para-hydroxylation sites is 1. The van der Waals surface area contributed by atoms with E-state index in [1.54, 1.807) is 0 Å². The summed E-state index contributed by atoms with van der Waals surface area (Å²) in [7, 11) is 3.87. The topological polar surface area (TPSA) is 44.4 Å². The van der Waals surface area contributed by atoms with Crippen LogP contribution in [0.15, 0.2) is 42.5 Å². The van der Waals surface area contributed by atoms with Crippen molar-refractivity contribution in [1.82, 2.24) is 5.32 Å². The number of amides is 2. The van der Waals surface area contributed by atoms with Crippen molar-refractivity contribution in [2.24, 2.45) is 0 Å². The van der Waals surface area contributed by atoms with Crippen molar-refractivity contribution in [3.63, 3.8) is 0 Å². The summed E-state index contributed by atoms with van der Waals surface area (Å²) in [5.74, 6) is -1.63. The predicted molar refractivity (Wildman–Crippen MR) is 83.0 cm³/mol. The molecule has 0 saturated heterocycles. The molecular formula is C16H17F2N3O. The maximum absolute atomic E-state index is 13.4. The van der Waals surface area contributed by atoms with Gasteiger partial charge in [-0.2, -0.15) is 0 Å². The lowest BCUT2D eigenvalue weighted by atomic mass is 10.2. The van der Waals surface area contributed by atoms with Crippen LogP contribution in [0.1, 0.15) is 5.56 Å². The normalized spacial score (nSPS) is 10.2. The molecule has 4 nitrogen and oxygen atoms in total. The van der Waals surface area contributed by atoms with Gasteiger partial charge in [0.25, 0.3) is 0 Å². The van der Waals surface area contributed by atoms with Gasteiger partial charge in [0.05, 0.1) is 0 Å².